The summed E-state index contributed by atoms with van der Waals surface area (Å²) in [5.74, 6) is 2.82. The van der Waals surface area contributed by atoms with Gasteiger partial charge < -0.3 is 15.3 Å². The minimum Gasteiger partial charge on any atom is -0.395 e. The lowest BCUT2D eigenvalue weighted by atomic mass is 9.95. The van der Waals surface area contributed by atoms with Crippen molar-refractivity contribution in [3.8, 4) is 0 Å². The van der Waals surface area contributed by atoms with Crippen LogP contribution in [0, 0.1) is 0 Å². The molecule has 1 aromatic carbocycles. The molecule has 0 unspecified atom stereocenters. The molecule has 2 aromatic rings. The number of aromatic nitrogens is 2. The van der Waals surface area contributed by atoms with Crippen molar-refractivity contribution in [2.45, 2.75) is 45.7 Å². The highest BCUT2D eigenvalue weighted by atomic mass is 16.3. The maximum atomic E-state index is 9.06. The molecular weight excluding hydrogens is 300 g/mol. The summed E-state index contributed by atoms with van der Waals surface area (Å²) in [7, 11) is 0. The molecule has 3 rings (SSSR count). The second kappa shape index (κ2) is 7.18. The van der Waals surface area contributed by atoms with Crippen LogP contribution in [0.3, 0.4) is 0 Å². The summed E-state index contributed by atoms with van der Waals surface area (Å²) in [6.45, 7) is 7.89. The van der Waals surface area contributed by atoms with E-state index in [1.165, 1.54) is 11.1 Å². The van der Waals surface area contributed by atoms with E-state index < -0.39 is 0 Å². The second-order valence-electron chi connectivity index (χ2n) is 6.72. The monoisotopic (exact) mass is 326 g/mol. The van der Waals surface area contributed by atoms with Gasteiger partial charge >= 0.3 is 0 Å². The number of aliphatic hydroxyl groups excluding tert-OH is 1. The summed E-state index contributed by atoms with van der Waals surface area (Å²) in [6, 6.07) is 11.0. The molecule has 2 heterocycles. The molecule has 5 nitrogen and oxygen atoms in total. The van der Waals surface area contributed by atoms with Crippen LogP contribution in [0.25, 0.3) is 0 Å². The Morgan fingerprint density at radius 1 is 1.25 bits per heavy atom. The second-order valence-corrected chi connectivity index (χ2v) is 6.72. The van der Waals surface area contributed by atoms with Gasteiger partial charge in [-0.1, -0.05) is 38.1 Å². The fourth-order valence-corrected chi connectivity index (χ4v) is 3.12. The molecule has 1 aromatic heterocycles. The van der Waals surface area contributed by atoms with Crippen LogP contribution >= 0.6 is 0 Å². The zero-order valence-electron chi connectivity index (χ0n) is 14.7. The van der Waals surface area contributed by atoms with E-state index in [0.717, 1.165) is 30.4 Å². The predicted octanol–water partition coefficient (Wildman–Crippen LogP) is 2.96. The van der Waals surface area contributed by atoms with Gasteiger partial charge in [-0.15, -0.1) is 0 Å². The first-order chi connectivity index (χ1) is 11.6. The van der Waals surface area contributed by atoms with Crippen molar-refractivity contribution in [2.75, 3.05) is 23.4 Å². The normalized spacial score (nSPS) is 17.0. The minimum atomic E-state index is 0.0871. The van der Waals surface area contributed by atoms with E-state index in [1.807, 2.05) is 6.07 Å². The van der Waals surface area contributed by atoms with E-state index in [1.54, 1.807) is 0 Å². The van der Waals surface area contributed by atoms with Crippen LogP contribution in [0.4, 0.5) is 11.6 Å². The highest BCUT2D eigenvalue weighted by Crippen LogP contribution is 2.29. The Kier molecular flexibility index (Phi) is 5.00. The number of fused-ring (bicyclic) bond motifs is 1. The quantitative estimate of drug-likeness (QED) is 0.884. The standard InChI is InChI=1S/C19H26N4O/c1-13(2)19-21-17(20-8-9-24)11-18(22-19)23-12-16-7-5-4-6-15(16)10-14(23)3/h4-7,11,13-14,24H,8-10,12H2,1-3H3,(H,20,21,22)/t14-/m1/s1. The van der Waals surface area contributed by atoms with Crippen LogP contribution in [-0.4, -0.2) is 34.3 Å². The number of hydrogen-bond donors (Lipinski definition) is 2. The molecule has 2 N–H and O–H groups in total. The summed E-state index contributed by atoms with van der Waals surface area (Å²) in [5, 5.41) is 12.2. The maximum absolute atomic E-state index is 9.06. The number of nitrogens with zero attached hydrogens (tertiary/aromatic N) is 3. The van der Waals surface area contributed by atoms with Crippen LogP contribution in [0.15, 0.2) is 30.3 Å². The first-order valence-corrected chi connectivity index (χ1v) is 8.65. The van der Waals surface area contributed by atoms with Crippen LogP contribution in [0.1, 0.15) is 43.6 Å². The van der Waals surface area contributed by atoms with Crippen molar-refractivity contribution in [3.63, 3.8) is 0 Å². The fourth-order valence-electron chi connectivity index (χ4n) is 3.12. The molecule has 0 amide bonds. The van der Waals surface area contributed by atoms with Crippen LogP contribution in [0.5, 0.6) is 0 Å². The van der Waals surface area contributed by atoms with Gasteiger partial charge in [0.15, 0.2) is 0 Å². The van der Waals surface area contributed by atoms with E-state index in [-0.39, 0.29) is 12.5 Å². The molecular formula is C19H26N4O. The Hall–Kier alpha value is -2.14. The molecule has 1 aliphatic rings. The first-order valence-electron chi connectivity index (χ1n) is 8.65. The molecule has 0 radical (unpaired) electrons. The highest BCUT2D eigenvalue weighted by Gasteiger charge is 2.24. The zero-order chi connectivity index (χ0) is 17.1. The fraction of sp³-hybridized carbons (Fsp3) is 0.474. The van der Waals surface area contributed by atoms with Crippen LogP contribution in [-0.2, 0) is 13.0 Å². The lowest BCUT2D eigenvalue weighted by molar-refractivity contribution is 0.311. The van der Waals surface area contributed by atoms with E-state index in [4.69, 9.17) is 10.1 Å². The Morgan fingerprint density at radius 3 is 2.71 bits per heavy atom. The van der Waals surface area contributed by atoms with Gasteiger partial charge in [-0.2, -0.15) is 0 Å². The van der Waals surface area contributed by atoms with E-state index in [9.17, 15) is 0 Å². The average Bonchev–Trinajstić information content (AvgIpc) is 2.59. The molecule has 0 saturated carbocycles. The number of anilines is 2. The van der Waals surface area contributed by atoms with E-state index in [0.29, 0.717) is 12.6 Å². The van der Waals surface area contributed by atoms with Crippen molar-refractivity contribution in [1.29, 1.82) is 0 Å². The third kappa shape index (κ3) is 3.51. The zero-order valence-corrected chi connectivity index (χ0v) is 14.7. The molecule has 1 aliphatic heterocycles. The molecule has 0 bridgehead atoms. The number of benzene rings is 1. The van der Waals surface area contributed by atoms with Crippen molar-refractivity contribution in [2.24, 2.45) is 0 Å². The topological polar surface area (TPSA) is 61.3 Å². The third-order valence-electron chi connectivity index (χ3n) is 4.46. The van der Waals surface area contributed by atoms with Crippen molar-refractivity contribution in [3.05, 3.63) is 47.3 Å². The maximum Gasteiger partial charge on any atom is 0.135 e. The molecule has 0 saturated heterocycles. The lowest BCUT2D eigenvalue weighted by Gasteiger charge is -2.36. The van der Waals surface area contributed by atoms with Gasteiger partial charge in [0.2, 0.25) is 0 Å². The Bertz CT molecular complexity index is 702. The molecule has 128 valence electrons. The van der Waals surface area contributed by atoms with Gasteiger partial charge in [0.05, 0.1) is 6.61 Å². The summed E-state index contributed by atoms with van der Waals surface area (Å²) >= 11 is 0. The average molecular weight is 326 g/mol. The van der Waals surface area contributed by atoms with Crippen LogP contribution < -0.4 is 10.2 Å². The largest absolute Gasteiger partial charge is 0.395 e. The van der Waals surface area contributed by atoms with Gasteiger partial charge in [0.25, 0.3) is 0 Å². The van der Waals surface area contributed by atoms with Gasteiger partial charge in [0, 0.05) is 31.1 Å². The van der Waals surface area contributed by atoms with Gasteiger partial charge in [-0.3, -0.25) is 0 Å². The molecule has 5 heteroatoms. The first kappa shape index (κ1) is 16.7. The van der Waals surface area contributed by atoms with Gasteiger partial charge in [0.1, 0.15) is 17.5 Å². The Labute approximate surface area is 143 Å². The predicted molar refractivity (Wildman–Crippen MR) is 97.5 cm³/mol. The highest BCUT2D eigenvalue weighted by molar-refractivity contribution is 5.52. The molecule has 0 spiro atoms. The van der Waals surface area contributed by atoms with Crippen molar-refractivity contribution < 1.29 is 5.11 Å². The number of nitrogens with one attached hydrogen (secondary N) is 1. The number of hydrogen-bond acceptors (Lipinski definition) is 5. The molecule has 0 fully saturated rings. The smallest absolute Gasteiger partial charge is 0.135 e. The van der Waals surface area contributed by atoms with E-state index >= 15 is 0 Å². The lowest BCUT2D eigenvalue weighted by Crippen LogP contribution is -2.39. The SMILES string of the molecule is CC(C)c1nc(NCCO)cc(N2Cc3ccccc3C[C@H]2C)n1. The molecule has 0 aliphatic carbocycles. The number of aliphatic hydroxyl groups is 1. The molecule has 1 atom stereocenters. The Balaban J connectivity index is 1.94. The van der Waals surface area contributed by atoms with Gasteiger partial charge in [-0.05, 0) is 24.5 Å². The summed E-state index contributed by atoms with van der Waals surface area (Å²) in [4.78, 5) is 11.7. The number of rotatable bonds is 5. The van der Waals surface area contributed by atoms with Crippen molar-refractivity contribution >= 4 is 11.6 Å². The summed E-state index contributed by atoms with van der Waals surface area (Å²) in [5.41, 5.74) is 2.79. The summed E-state index contributed by atoms with van der Waals surface area (Å²) in [6.07, 6.45) is 1.02. The third-order valence-corrected chi connectivity index (χ3v) is 4.46. The van der Waals surface area contributed by atoms with Gasteiger partial charge in [-0.25, -0.2) is 9.97 Å². The molecule has 24 heavy (non-hydrogen) atoms. The van der Waals surface area contributed by atoms with Crippen LogP contribution in [0.2, 0.25) is 0 Å². The minimum absolute atomic E-state index is 0.0871. The van der Waals surface area contributed by atoms with Crippen molar-refractivity contribution in [1.82, 2.24) is 9.97 Å². The Morgan fingerprint density at radius 2 is 2.00 bits per heavy atom. The summed E-state index contributed by atoms with van der Waals surface area (Å²) < 4.78 is 0. The van der Waals surface area contributed by atoms with E-state index in [2.05, 4.69) is 60.2 Å².